The number of ether oxygens (including phenoxy) is 1. The van der Waals surface area contributed by atoms with E-state index in [1.54, 1.807) is 21.0 Å². The molecule has 1 atom stereocenters. The van der Waals surface area contributed by atoms with Crippen LogP contribution in [-0.4, -0.2) is 13.0 Å². The maximum absolute atomic E-state index is 12.1. The lowest BCUT2D eigenvalue weighted by Crippen LogP contribution is -2.44. The minimum atomic E-state index is -0.868. The van der Waals surface area contributed by atoms with Crippen LogP contribution in [0.15, 0.2) is 34.9 Å². The summed E-state index contributed by atoms with van der Waals surface area (Å²) in [6.07, 6.45) is 0. The van der Waals surface area contributed by atoms with Crippen LogP contribution in [0.1, 0.15) is 19.4 Å². The first-order chi connectivity index (χ1) is 11.0. The summed E-state index contributed by atoms with van der Waals surface area (Å²) in [4.78, 5) is 12.1. The van der Waals surface area contributed by atoms with Crippen LogP contribution >= 0.6 is 11.8 Å². The number of nitrogens with one attached hydrogen (secondary N) is 1. The first-order valence-electron chi connectivity index (χ1n) is 7.05. The number of carbonyl (C=O) groups excluding carboxylic acids is 1. The van der Waals surface area contributed by atoms with E-state index in [0.29, 0.717) is 16.4 Å². The molecule has 0 spiro atoms. The fourth-order valence-electron chi connectivity index (χ4n) is 2.51. The molecule has 1 aromatic rings. The number of thioether (sulfide) groups is 1. The third kappa shape index (κ3) is 3.18. The number of para-hydroxylation sites is 1. The van der Waals surface area contributed by atoms with Gasteiger partial charge in [-0.05, 0) is 6.07 Å². The van der Waals surface area contributed by atoms with Crippen LogP contribution in [-0.2, 0) is 10.5 Å². The van der Waals surface area contributed by atoms with E-state index in [9.17, 15) is 15.3 Å². The second-order valence-electron chi connectivity index (χ2n) is 5.69. The number of benzene rings is 1. The number of hydrogen-bond donors (Lipinski definition) is 1. The monoisotopic (exact) mass is 327 g/mol. The van der Waals surface area contributed by atoms with Crippen LogP contribution in [0.2, 0.25) is 0 Å². The van der Waals surface area contributed by atoms with E-state index in [1.807, 2.05) is 30.3 Å². The minimum absolute atomic E-state index is 0.362. The molecule has 1 aliphatic heterocycles. The molecule has 118 valence electrons. The van der Waals surface area contributed by atoms with Crippen molar-refractivity contribution in [2.45, 2.75) is 19.6 Å². The summed E-state index contributed by atoms with van der Waals surface area (Å²) >= 11 is 1.37. The second kappa shape index (κ2) is 6.76. The molecule has 0 aliphatic carbocycles. The van der Waals surface area contributed by atoms with Crippen molar-refractivity contribution in [3.05, 3.63) is 40.4 Å². The number of rotatable bonds is 4. The fraction of sp³-hybridized carbons (Fsp3) is 0.353. The van der Waals surface area contributed by atoms with Crippen molar-refractivity contribution in [1.82, 2.24) is 5.32 Å². The van der Waals surface area contributed by atoms with E-state index in [-0.39, 0.29) is 5.91 Å². The van der Waals surface area contributed by atoms with Gasteiger partial charge in [-0.2, -0.15) is 10.5 Å². The van der Waals surface area contributed by atoms with Gasteiger partial charge in [-0.25, -0.2) is 0 Å². The molecule has 5 nitrogen and oxygen atoms in total. The molecular weight excluding hydrogens is 310 g/mol. The van der Waals surface area contributed by atoms with Gasteiger partial charge in [-0.3, -0.25) is 4.79 Å². The van der Waals surface area contributed by atoms with Crippen molar-refractivity contribution in [1.29, 1.82) is 10.5 Å². The standard InChI is InChI=1S/C17H17N3O2S/c1-17(2)12(8-18)15(21)20-16(13(17)9-19)23-10-11-6-4-5-7-14(11)22-3/h4-7,12H,10H2,1-3H3,(H,20,21)/t12-/m1/s1. The maximum atomic E-state index is 12.1. The SMILES string of the molecule is COc1ccccc1CSC1=C(C#N)C(C)(C)[C@H](C#N)C(=O)N1. The van der Waals surface area contributed by atoms with E-state index in [4.69, 9.17) is 4.74 Å². The molecule has 1 amide bonds. The first-order valence-corrected chi connectivity index (χ1v) is 8.04. The van der Waals surface area contributed by atoms with Gasteiger partial charge >= 0.3 is 0 Å². The fourth-order valence-corrected chi connectivity index (χ4v) is 3.67. The lowest BCUT2D eigenvalue weighted by atomic mass is 9.72. The third-order valence-corrected chi connectivity index (χ3v) is 4.95. The summed E-state index contributed by atoms with van der Waals surface area (Å²) in [5.41, 5.74) is 0.595. The number of carbonyl (C=O) groups is 1. The first kappa shape index (κ1) is 16.9. The minimum Gasteiger partial charge on any atom is -0.496 e. The molecule has 6 heteroatoms. The normalized spacial score (nSPS) is 19.5. The van der Waals surface area contributed by atoms with Crippen LogP contribution < -0.4 is 10.1 Å². The van der Waals surface area contributed by atoms with E-state index in [2.05, 4.69) is 11.4 Å². The van der Waals surface area contributed by atoms with Gasteiger partial charge in [0, 0.05) is 16.7 Å². The van der Waals surface area contributed by atoms with Crippen molar-refractivity contribution in [3.63, 3.8) is 0 Å². The molecule has 0 fully saturated rings. The molecule has 0 radical (unpaired) electrons. The topological polar surface area (TPSA) is 85.9 Å². The average molecular weight is 327 g/mol. The van der Waals surface area contributed by atoms with Crippen LogP contribution in [0, 0.1) is 34.0 Å². The molecule has 1 aliphatic rings. The molecule has 1 heterocycles. The maximum Gasteiger partial charge on any atom is 0.243 e. The predicted molar refractivity (Wildman–Crippen MR) is 88.0 cm³/mol. The smallest absolute Gasteiger partial charge is 0.243 e. The summed E-state index contributed by atoms with van der Waals surface area (Å²) < 4.78 is 5.31. The van der Waals surface area contributed by atoms with Gasteiger partial charge in [0.25, 0.3) is 0 Å². The summed E-state index contributed by atoms with van der Waals surface area (Å²) in [5, 5.41) is 21.9. The Balaban J connectivity index is 2.31. The number of nitriles is 2. The van der Waals surface area contributed by atoms with E-state index in [0.717, 1.165) is 11.3 Å². The highest BCUT2D eigenvalue weighted by atomic mass is 32.2. The van der Waals surface area contributed by atoms with Gasteiger partial charge in [0.2, 0.25) is 5.91 Å². The lowest BCUT2D eigenvalue weighted by Gasteiger charge is -2.34. The molecule has 1 aromatic carbocycles. The third-order valence-electron chi connectivity index (χ3n) is 3.90. The molecule has 0 saturated carbocycles. The Kier molecular flexibility index (Phi) is 4.98. The van der Waals surface area contributed by atoms with Gasteiger partial charge in [-0.1, -0.05) is 32.0 Å². The van der Waals surface area contributed by atoms with Gasteiger partial charge < -0.3 is 10.1 Å². The average Bonchev–Trinajstić information content (AvgIpc) is 2.52. The molecular formula is C17H17N3O2S. The van der Waals surface area contributed by atoms with Gasteiger partial charge in [0.1, 0.15) is 11.7 Å². The highest BCUT2D eigenvalue weighted by molar-refractivity contribution is 8.02. The zero-order valence-corrected chi connectivity index (χ0v) is 14.0. The molecule has 0 bridgehead atoms. The van der Waals surface area contributed by atoms with E-state index in [1.165, 1.54) is 11.8 Å². The summed E-state index contributed by atoms with van der Waals surface area (Å²) in [7, 11) is 1.60. The Bertz CT molecular complexity index is 741. The van der Waals surface area contributed by atoms with Crippen LogP contribution in [0.5, 0.6) is 5.75 Å². The molecule has 0 aromatic heterocycles. The summed E-state index contributed by atoms with van der Waals surface area (Å²) in [5.74, 6) is 0.0835. The number of hydrogen-bond acceptors (Lipinski definition) is 5. The van der Waals surface area contributed by atoms with Gasteiger partial charge in [0.15, 0.2) is 0 Å². The Morgan fingerprint density at radius 2 is 2.04 bits per heavy atom. The van der Waals surface area contributed by atoms with Crippen molar-refractivity contribution in [2.24, 2.45) is 11.3 Å². The van der Waals surface area contributed by atoms with Crippen molar-refractivity contribution in [2.75, 3.05) is 7.11 Å². The Hall–Kier alpha value is -2.44. The zero-order chi connectivity index (χ0) is 17.0. The second-order valence-corrected chi connectivity index (χ2v) is 6.68. The quantitative estimate of drug-likeness (QED) is 0.919. The summed E-state index contributed by atoms with van der Waals surface area (Å²) in [6, 6.07) is 11.7. The molecule has 1 N–H and O–H groups in total. The molecule has 0 saturated heterocycles. The number of allylic oxidation sites excluding steroid dienone is 1. The molecule has 23 heavy (non-hydrogen) atoms. The van der Waals surface area contributed by atoms with E-state index < -0.39 is 11.3 Å². The van der Waals surface area contributed by atoms with Crippen LogP contribution in [0.4, 0.5) is 0 Å². The zero-order valence-electron chi connectivity index (χ0n) is 13.2. The largest absolute Gasteiger partial charge is 0.496 e. The highest BCUT2D eigenvalue weighted by Crippen LogP contribution is 2.42. The number of methoxy groups -OCH3 is 1. The molecule has 0 unspecified atom stereocenters. The Morgan fingerprint density at radius 1 is 1.35 bits per heavy atom. The van der Waals surface area contributed by atoms with Crippen molar-refractivity contribution >= 4 is 17.7 Å². The molecule has 2 rings (SSSR count). The Labute approximate surface area is 139 Å². The van der Waals surface area contributed by atoms with Crippen LogP contribution in [0.3, 0.4) is 0 Å². The Morgan fingerprint density at radius 3 is 2.65 bits per heavy atom. The van der Waals surface area contributed by atoms with Gasteiger partial charge in [-0.15, -0.1) is 11.8 Å². The predicted octanol–water partition coefficient (Wildman–Crippen LogP) is 2.96. The number of amides is 1. The van der Waals surface area contributed by atoms with Crippen LogP contribution in [0.25, 0.3) is 0 Å². The van der Waals surface area contributed by atoms with Gasteiger partial charge in [0.05, 0.1) is 29.9 Å². The summed E-state index contributed by atoms with van der Waals surface area (Å²) in [6.45, 7) is 3.50. The van der Waals surface area contributed by atoms with Crippen molar-refractivity contribution < 1.29 is 9.53 Å². The van der Waals surface area contributed by atoms with Crippen molar-refractivity contribution in [3.8, 4) is 17.9 Å². The lowest BCUT2D eigenvalue weighted by molar-refractivity contribution is -0.125. The van der Waals surface area contributed by atoms with E-state index >= 15 is 0 Å². The highest BCUT2D eigenvalue weighted by Gasteiger charge is 2.44. The number of nitrogens with zero attached hydrogens (tertiary/aromatic N) is 2.